The van der Waals surface area contributed by atoms with Crippen LogP contribution in [0.15, 0.2) is 35.7 Å². The van der Waals surface area contributed by atoms with Crippen molar-refractivity contribution in [2.45, 2.75) is 46.3 Å². The van der Waals surface area contributed by atoms with E-state index < -0.39 is 5.97 Å². The van der Waals surface area contributed by atoms with Gasteiger partial charge in [0.25, 0.3) is 5.91 Å². The highest BCUT2D eigenvalue weighted by Gasteiger charge is 2.22. The van der Waals surface area contributed by atoms with E-state index in [1.165, 1.54) is 11.3 Å². The molecule has 0 spiro atoms. The van der Waals surface area contributed by atoms with Gasteiger partial charge in [0, 0.05) is 24.0 Å². The van der Waals surface area contributed by atoms with Crippen LogP contribution in [-0.2, 0) is 16.1 Å². The monoisotopic (exact) mass is 375 g/mol. The Labute approximate surface area is 158 Å². The summed E-state index contributed by atoms with van der Waals surface area (Å²) < 4.78 is 5.13. The van der Waals surface area contributed by atoms with Gasteiger partial charge < -0.3 is 15.0 Å². The number of rotatable bonds is 8. The van der Waals surface area contributed by atoms with Gasteiger partial charge in [-0.3, -0.25) is 4.79 Å². The molecule has 0 aliphatic rings. The molecule has 0 aliphatic carbocycles. The predicted octanol–water partition coefficient (Wildman–Crippen LogP) is 3.56. The second-order valence-corrected chi connectivity index (χ2v) is 7.30. The van der Waals surface area contributed by atoms with Gasteiger partial charge in [0.1, 0.15) is 0 Å². The van der Waals surface area contributed by atoms with E-state index in [2.05, 4.69) is 10.3 Å². The number of amides is 1. The SMILES string of the molecule is CC(C)N(C(=O)COC(=O)c1csc(NCc2ccccc2)n1)C(C)C. The van der Waals surface area contributed by atoms with Crippen molar-refractivity contribution >= 4 is 28.3 Å². The van der Waals surface area contributed by atoms with E-state index in [4.69, 9.17) is 4.74 Å². The molecule has 1 heterocycles. The van der Waals surface area contributed by atoms with E-state index in [0.717, 1.165) is 5.56 Å². The fourth-order valence-electron chi connectivity index (χ4n) is 2.67. The average molecular weight is 375 g/mol. The molecular formula is C19H25N3O3S. The maximum absolute atomic E-state index is 12.2. The van der Waals surface area contributed by atoms with Crippen molar-refractivity contribution in [3.05, 3.63) is 47.0 Å². The van der Waals surface area contributed by atoms with Crippen LogP contribution in [0.5, 0.6) is 0 Å². The van der Waals surface area contributed by atoms with Crippen molar-refractivity contribution in [3.8, 4) is 0 Å². The summed E-state index contributed by atoms with van der Waals surface area (Å²) in [7, 11) is 0. The van der Waals surface area contributed by atoms with Gasteiger partial charge in [-0.1, -0.05) is 30.3 Å². The number of ether oxygens (including phenoxy) is 1. The molecule has 1 amide bonds. The standard InChI is InChI=1S/C19H25N3O3S/c1-13(2)22(14(3)4)17(23)11-25-18(24)16-12-26-19(21-16)20-10-15-8-6-5-7-9-15/h5-9,12-14H,10-11H2,1-4H3,(H,20,21). The molecule has 0 atom stereocenters. The van der Waals surface area contributed by atoms with Gasteiger partial charge in [-0.15, -0.1) is 11.3 Å². The van der Waals surface area contributed by atoms with E-state index in [-0.39, 0.29) is 30.3 Å². The molecule has 140 valence electrons. The Bertz CT molecular complexity index is 721. The van der Waals surface area contributed by atoms with Crippen LogP contribution in [0.2, 0.25) is 0 Å². The van der Waals surface area contributed by atoms with Gasteiger partial charge in [-0.2, -0.15) is 0 Å². The molecule has 1 aromatic carbocycles. The van der Waals surface area contributed by atoms with E-state index >= 15 is 0 Å². The van der Waals surface area contributed by atoms with Crippen LogP contribution in [0.3, 0.4) is 0 Å². The molecule has 0 saturated carbocycles. The van der Waals surface area contributed by atoms with Crippen LogP contribution in [0.25, 0.3) is 0 Å². The summed E-state index contributed by atoms with van der Waals surface area (Å²) in [6, 6.07) is 10.0. The Balaban J connectivity index is 1.86. The van der Waals surface area contributed by atoms with E-state index in [1.807, 2.05) is 58.0 Å². The number of carbonyl (C=O) groups excluding carboxylic acids is 2. The van der Waals surface area contributed by atoms with E-state index in [0.29, 0.717) is 11.7 Å². The number of nitrogens with zero attached hydrogens (tertiary/aromatic N) is 2. The first kappa shape index (κ1) is 19.9. The molecule has 0 bridgehead atoms. The second kappa shape index (κ2) is 9.33. The topological polar surface area (TPSA) is 71.5 Å². The number of anilines is 1. The maximum Gasteiger partial charge on any atom is 0.358 e. The summed E-state index contributed by atoms with van der Waals surface area (Å²) in [5, 5.41) is 5.44. The molecule has 0 aliphatic heterocycles. The quantitative estimate of drug-likeness (QED) is 0.714. The van der Waals surface area contributed by atoms with Crippen molar-refractivity contribution in [1.29, 1.82) is 0 Å². The Morgan fingerprint density at radius 2 is 1.81 bits per heavy atom. The summed E-state index contributed by atoms with van der Waals surface area (Å²) in [6.45, 7) is 8.09. The number of hydrogen-bond acceptors (Lipinski definition) is 6. The molecular weight excluding hydrogens is 350 g/mol. The Morgan fingerprint density at radius 1 is 1.15 bits per heavy atom. The van der Waals surface area contributed by atoms with Crippen LogP contribution in [-0.4, -0.2) is 40.5 Å². The summed E-state index contributed by atoms with van der Waals surface area (Å²) in [6.07, 6.45) is 0. The molecule has 6 nitrogen and oxygen atoms in total. The first-order valence-electron chi connectivity index (χ1n) is 8.60. The first-order chi connectivity index (χ1) is 12.4. The molecule has 0 fully saturated rings. The lowest BCUT2D eigenvalue weighted by Crippen LogP contribution is -2.44. The summed E-state index contributed by atoms with van der Waals surface area (Å²) in [5.41, 5.74) is 1.33. The third-order valence-electron chi connectivity index (χ3n) is 3.73. The lowest BCUT2D eigenvalue weighted by Gasteiger charge is -2.30. The number of carbonyl (C=O) groups is 2. The van der Waals surface area contributed by atoms with E-state index in [9.17, 15) is 9.59 Å². The zero-order chi connectivity index (χ0) is 19.1. The van der Waals surface area contributed by atoms with Gasteiger partial charge in [-0.25, -0.2) is 9.78 Å². The van der Waals surface area contributed by atoms with Gasteiger partial charge in [-0.05, 0) is 33.3 Å². The number of nitrogens with one attached hydrogen (secondary N) is 1. The van der Waals surface area contributed by atoms with Gasteiger partial charge in [0.2, 0.25) is 0 Å². The Morgan fingerprint density at radius 3 is 2.42 bits per heavy atom. The molecule has 2 rings (SSSR count). The molecule has 0 unspecified atom stereocenters. The molecule has 0 saturated heterocycles. The molecule has 2 aromatic rings. The number of hydrogen-bond donors (Lipinski definition) is 1. The minimum Gasteiger partial charge on any atom is -0.451 e. The minimum absolute atomic E-state index is 0.0502. The zero-order valence-electron chi connectivity index (χ0n) is 15.6. The summed E-state index contributed by atoms with van der Waals surface area (Å²) >= 11 is 1.33. The Hall–Kier alpha value is -2.41. The van der Waals surface area contributed by atoms with Crippen LogP contribution in [0.4, 0.5) is 5.13 Å². The lowest BCUT2D eigenvalue weighted by atomic mass is 10.2. The number of esters is 1. The summed E-state index contributed by atoms with van der Waals surface area (Å²) in [4.78, 5) is 30.3. The smallest absolute Gasteiger partial charge is 0.358 e. The van der Waals surface area contributed by atoms with Gasteiger partial charge in [0.15, 0.2) is 17.4 Å². The molecule has 26 heavy (non-hydrogen) atoms. The Kier molecular flexibility index (Phi) is 7.15. The third kappa shape index (κ3) is 5.56. The normalized spacial score (nSPS) is 10.8. The first-order valence-corrected chi connectivity index (χ1v) is 9.48. The minimum atomic E-state index is -0.588. The molecule has 1 N–H and O–H groups in total. The fourth-order valence-corrected chi connectivity index (χ4v) is 3.35. The average Bonchev–Trinajstić information content (AvgIpc) is 3.07. The van der Waals surface area contributed by atoms with Gasteiger partial charge in [0.05, 0.1) is 0 Å². The number of aromatic nitrogens is 1. The molecule has 7 heteroatoms. The molecule has 0 radical (unpaired) electrons. The highest BCUT2D eigenvalue weighted by molar-refractivity contribution is 7.13. The highest BCUT2D eigenvalue weighted by Crippen LogP contribution is 2.17. The van der Waals surface area contributed by atoms with Crippen LogP contribution in [0, 0.1) is 0 Å². The van der Waals surface area contributed by atoms with Crippen molar-refractivity contribution in [2.75, 3.05) is 11.9 Å². The van der Waals surface area contributed by atoms with Gasteiger partial charge >= 0.3 is 5.97 Å². The number of benzene rings is 1. The molecule has 1 aromatic heterocycles. The van der Waals surface area contributed by atoms with E-state index in [1.54, 1.807) is 10.3 Å². The summed E-state index contributed by atoms with van der Waals surface area (Å²) in [5.74, 6) is -0.796. The largest absolute Gasteiger partial charge is 0.451 e. The predicted molar refractivity (Wildman–Crippen MR) is 103 cm³/mol. The van der Waals surface area contributed by atoms with Crippen molar-refractivity contribution in [1.82, 2.24) is 9.88 Å². The van der Waals surface area contributed by atoms with Crippen LogP contribution >= 0.6 is 11.3 Å². The highest BCUT2D eigenvalue weighted by atomic mass is 32.1. The van der Waals surface area contributed by atoms with Crippen LogP contribution < -0.4 is 5.32 Å². The number of thiazole rings is 1. The lowest BCUT2D eigenvalue weighted by molar-refractivity contribution is -0.138. The van der Waals surface area contributed by atoms with Crippen molar-refractivity contribution in [3.63, 3.8) is 0 Å². The van der Waals surface area contributed by atoms with Crippen molar-refractivity contribution < 1.29 is 14.3 Å². The second-order valence-electron chi connectivity index (χ2n) is 6.44. The van der Waals surface area contributed by atoms with Crippen molar-refractivity contribution in [2.24, 2.45) is 0 Å². The fraction of sp³-hybridized carbons (Fsp3) is 0.421. The zero-order valence-corrected chi connectivity index (χ0v) is 16.4. The maximum atomic E-state index is 12.2. The third-order valence-corrected chi connectivity index (χ3v) is 4.53. The van der Waals surface area contributed by atoms with Crippen LogP contribution in [0.1, 0.15) is 43.7 Å².